The quantitative estimate of drug-likeness (QED) is 0.551. The third-order valence-electron chi connectivity index (χ3n) is 8.50. The number of carbonyl (C=O) groups excluding carboxylic acids is 1. The molecule has 176 valence electrons. The summed E-state index contributed by atoms with van der Waals surface area (Å²) in [7, 11) is 1.62. The van der Waals surface area contributed by atoms with Gasteiger partial charge in [-0.1, -0.05) is 49.2 Å². The SMILES string of the molecule is COc1ccc(C)cc1NC(=O)OC1CC23CCCCC2(CC(NCc2ccccc2)C3)C1. The van der Waals surface area contributed by atoms with Crippen molar-refractivity contribution in [3.63, 3.8) is 0 Å². The summed E-state index contributed by atoms with van der Waals surface area (Å²) >= 11 is 0. The molecule has 2 unspecified atom stereocenters. The maximum absolute atomic E-state index is 12.8. The van der Waals surface area contributed by atoms with E-state index in [-0.39, 0.29) is 12.2 Å². The molecule has 0 bridgehead atoms. The van der Waals surface area contributed by atoms with Crippen LogP contribution in [-0.4, -0.2) is 25.3 Å². The van der Waals surface area contributed by atoms with Crippen LogP contribution in [0.3, 0.4) is 0 Å². The molecule has 5 nitrogen and oxygen atoms in total. The van der Waals surface area contributed by atoms with E-state index in [1.54, 1.807) is 7.11 Å². The third-order valence-corrected chi connectivity index (χ3v) is 8.50. The summed E-state index contributed by atoms with van der Waals surface area (Å²) in [6, 6.07) is 17.0. The highest BCUT2D eigenvalue weighted by Crippen LogP contribution is 2.69. The van der Waals surface area contributed by atoms with Crippen LogP contribution in [0.5, 0.6) is 5.75 Å². The summed E-state index contributed by atoms with van der Waals surface area (Å²) < 4.78 is 11.4. The molecule has 3 fully saturated rings. The molecule has 2 aromatic rings. The second-order valence-corrected chi connectivity index (χ2v) is 10.5. The molecule has 0 saturated heterocycles. The lowest BCUT2D eigenvalue weighted by Crippen LogP contribution is -2.35. The predicted octanol–water partition coefficient (Wildman–Crippen LogP) is 6.21. The van der Waals surface area contributed by atoms with Crippen molar-refractivity contribution in [2.75, 3.05) is 12.4 Å². The summed E-state index contributed by atoms with van der Waals surface area (Å²) in [5.41, 5.74) is 3.70. The number of hydrogen-bond acceptors (Lipinski definition) is 4. The van der Waals surface area contributed by atoms with Crippen molar-refractivity contribution in [1.29, 1.82) is 0 Å². The zero-order chi connectivity index (χ0) is 22.9. The number of benzene rings is 2. The van der Waals surface area contributed by atoms with Crippen LogP contribution in [0.1, 0.15) is 62.5 Å². The van der Waals surface area contributed by atoms with Crippen LogP contribution in [0.4, 0.5) is 10.5 Å². The Hall–Kier alpha value is -2.53. The van der Waals surface area contributed by atoms with Gasteiger partial charge in [0.05, 0.1) is 12.8 Å². The number of anilines is 1. The Morgan fingerprint density at radius 3 is 2.36 bits per heavy atom. The smallest absolute Gasteiger partial charge is 0.412 e. The number of amides is 1. The number of ether oxygens (including phenoxy) is 2. The van der Waals surface area contributed by atoms with Gasteiger partial charge in [0.15, 0.2) is 0 Å². The molecule has 0 radical (unpaired) electrons. The van der Waals surface area contributed by atoms with Gasteiger partial charge in [0.25, 0.3) is 0 Å². The molecule has 0 aromatic heterocycles. The van der Waals surface area contributed by atoms with Gasteiger partial charge in [-0.3, -0.25) is 5.32 Å². The molecule has 3 saturated carbocycles. The number of nitrogens with one attached hydrogen (secondary N) is 2. The molecule has 33 heavy (non-hydrogen) atoms. The monoisotopic (exact) mass is 448 g/mol. The van der Waals surface area contributed by atoms with Crippen LogP contribution in [-0.2, 0) is 11.3 Å². The lowest BCUT2D eigenvalue weighted by atomic mass is 9.60. The molecule has 5 rings (SSSR count). The van der Waals surface area contributed by atoms with Crippen molar-refractivity contribution in [3.05, 3.63) is 59.7 Å². The van der Waals surface area contributed by atoms with Crippen molar-refractivity contribution in [2.24, 2.45) is 10.8 Å². The number of carbonyl (C=O) groups is 1. The van der Waals surface area contributed by atoms with Crippen LogP contribution >= 0.6 is 0 Å². The molecule has 2 aromatic carbocycles. The topological polar surface area (TPSA) is 59.6 Å². The standard InChI is InChI=1S/C28H36N2O3/c1-20-10-11-25(32-2)24(14-20)30-26(31)33-23-17-27-12-6-7-13-28(27,18-23)16-22(15-27)29-19-21-8-4-3-5-9-21/h3-5,8-11,14,22-23,29H,6-7,12-13,15-19H2,1-2H3,(H,30,31). The Balaban J connectivity index is 1.23. The normalized spacial score (nSPS) is 30.4. The Kier molecular flexibility index (Phi) is 6.09. The van der Waals surface area contributed by atoms with Gasteiger partial charge < -0.3 is 14.8 Å². The summed E-state index contributed by atoms with van der Waals surface area (Å²) in [5.74, 6) is 0.652. The van der Waals surface area contributed by atoms with E-state index in [1.165, 1.54) is 44.1 Å². The van der Waals surface area contributed by atoms with E-state index in [4.69, 9.17) is 9.47 Å². The average Bonchev–Trinajstić information content (AvgIpc) is 3.28. The Labute approximate surface area is 197 Å². The van der Waals surface area contributed by atoms with Crippen molar-refractivity contribution < 1.29 is 14.3 Å². The van der Waals surface area contributed by atoms with E-state index in [0.29, 0.717) is 28.3 Å². The van der Waals surface area contributed by atoms with Crippen LogP contribution in [0, 0.1) is 17.8 Å². The van der Waals surface area contributed by atoms with Crippen molar-refractivity contribution in [1.82, 2.24) is 5.32 Å². The molecule has 2 N–H and O–H groups in total. The van der Waals surface area contributed by atoms with Gasteiger partial charge in [-0.25, -0.2) is 4.79 Å². The fourth-order valence-corrected chi connectivity index (χ4v) is 7.15. The fraction of sp³-hybridized carbons (Fsp3) is 0.536. The molecule has 1 amide bonds. The first kappa shape index (κ1) is 22.3. The molecule has 5 heteroatoms. The van der Waals surface area contributed by atoms with Gasteiger partial charge in [-0.15, -0.1) is 0 Å². The van der Waals surface area contributed by atoms with E-state index < -0.39 is 0 Å². The van der Waals surface area contributed by atoms with E-state index in [2.05, 4.69) is 41.0 Å². The summed E-state index contributed by atoms with van der Waals surface area (Å²) in [4.78, 5) is 12.8. The number of hydrogen-bond donors (Lipinski definition) is 2. The lowest BCUT2D eigenvalue weighted by Gasteiger charge is -2.44. The number of aryl methyl sites for hydroxylation is 1. The molecule has 3 aliphatic rings. The van der Waals surface area contributed by atoms with Crippen LogP contribution in [0.25, 0.3) is 0 Å². The first-order valence-electron chi connectivity index (χ1n) is 12.4. The molecular weight excluding hydrogens is 412 g/mol. The first-order chi connectivity index (χ1) is 16.0. The lowest BCUT2D eigenvalue weighted by molar-refractivity contribution is 0.0520. The van der Waals surface area contributed by atoms with E-state index in [0.717, 1.165) is 24.9 Å². The van der Waals surface area contributed by atoms with Crippen molar-refractivity contribution in [3.8, 4) is 5.75 Å². The highest BCUT2D eigenvalue weighted by Gasteiger charge is 2.64. The highest BCUT2D eigenvalue weighted by molar-refractivity contribution is 5.87. The number of rotatable bonds is 6. The van der Waals surface area contributed by atoms with Crippen molar-refractivity contribution >= 4 is 11.8 Å². The molecule has 2 atom stereocenters. The molecule has 0 aliphatic heterocycles. The van der Waals surface area contributed by atoms with Crippen molar-refractivity contribution in [2.45, 2.75) is 77.0 Å². The summed E-state index contributed by atoms with van der Waals surface area (Å²) in [6.07, 6.45) is 9.15. The molecule has 0 spiro atoms. The number of methoxy groups -OCH3 is 1. The van der Waals surface area contributed by atoms with E-state index in [1.807, 2.05) is 25.1 Å². The van der Waals surface area contributed by atoms with Gasteiger partial charge in [0, 0.05) is 12.6 Å². The van der Waals surface area contributed by atoms with E-state index >= 15 is 0 Å². The summed E-state index contributed by atoms with van der Waals surface area (Å²) in [6.45, 7) is 2.93. The van der Waals surface area contributed by atoms with Gasteiger partial charge in [-0.2, -0.15) is 0 Å². The highest BCUT2D eigenvalue weighted by atomic mass is 16.6. The van der Waals surface area contributed by atoms with Crippen LogP contribution < -0.4 is 15.4 Å². The van der Waals surface area contributed by atoms with Crippen LogP contribution in [0.15, 0.2) is 48.5 Å². The maximum atomic E-state index is 12.8. The van der Waals surface area contributed by atoms with Gasteiger partial charge in [-0.05, 0) is 79.5 Å². The maximum Gasteiger partial charge on any atom is 0.412 e. The minimum absolute atomic E-state index is 0.00558. The fourth-order valence-electron chi connectivity index (χ4n) is 7.15. The zero-order valence-electron chi connectivity index (χ0n) is 19.9. The molecule has 0 heterocycles. The minimum Gasteiger partial charge on any atom is -0.495 e. The Bertz CT molecular complexity index is 970. The predicted molar refractivity (Wildman–Crippen MR) is 130 cm³/mol. The minimum atomic E-state index is -0.368. The van der Waals surface area contributed by atoms with E-state index in [9.17, 15) is 4.79 Å². The third kappa shape index (κ3) is 4.35. The average molecular weight is 449 g/mol. The first-order valence-corrected chi connectivity index (χ1v) is 12.4. The molecular formula is C28H36N2O3. The Morgan fingerprint density at radius 2 is 1.70 bits per heavy atom. The Morgan fingerprint density at radius 1 is 1.00 bits per heavy atom. The van der Waals surface area contributed by atoms with Gasteiger partial charge >= 0.3 is 6.09 Å². The summed E-state index contributed by atoms with van der Waals surface area (Å²) in [5, 5.41) is 6.76. The van der Waals surface area contributed by atoms with Gasteiger partial charge in [0.1, 0.15) is 11.9 Å². The second kappa shape index (κ2) is 9.02. The molecule has 3 aliphatic carbocycles. The van der Waals surface area contributed by atoms with Crippen LogP contribution in [0.2, 0.25) is 0 Å². The second-order valence-electron chi connectivity index (χ2n) is 10.5. The zero-order valence-corrected chi connectivity index (χ0v) is 19.9. The van der Waals surface area contributed by atoms with Gasteiger partial charge in [0.2, 0.25) is 0 Å². The largest absolute Gasteiger partial charge is 0.495 e.